The van der Waals surface area contributed by atoms with Crippen molar-refractivity contribution in [2.75, 3.05) is 19.0 Å². The Hall–Kier alpha value is -4.23. The Morgan fingerprint density at radius 1 is 1.16 bits per heavy atom. The molecule has 1 unspecified atom stereocenters. The van der Waals surface area contributed by atoms with Crippen LogP contribution in [0, 0.1) is 6.92 Å². The number of nitrogens with one attached hydrogen (secondary N) is 1. The Kier molecular flexibility index (Phi) is 7.11. The number of thiazole rings is 1. The number of dihydropyridines is 1. The van der Waals surface area contributed by atoms with E-state index in [4.69, 9.17) is 4.74 Å². The van der Waals surface area contributed by atoms with Gasteiger partial charge in [-0.25, -0.2) is 15.0 Å². The van der Waals surface area contributed by atoms with Gasteiger partial charge in [-0.15, -0.1) is 0 Å². The number of rotatable bonds is 7. The quantitative estimate of drug-likeness (QED) is 0.363. The molecule has 4 aromatic rings. The van der Waals surface area contributed by atoms with Crippen molar-refractivity contribution in [1.82, 2.24) is 24.9 Å². The zero-order valence-electron chi connectivity index (χ0n) is 20.5. The lowest BCUT2D eigenvalue weighted by Gasteiger charge is -2.23. The molecule has 1 atom stereocenters. The van der Waals surface area contributed by atoms with Crippen molar-refractivity contribution < 1.29 is 23.0 Å². The van der Waals surface area contributed by atoms with Gasteiger partial charge in [-0.2, -0.15) is 13.8 Å². The van der Waals surface area contributed by atoms with Gasteiger partial charge in [0.2, 0.25) is 5.88 Å². The molecule has 13 heteroatoms. The van der Waals surface area contributed by atoms with Crippen LogP contribution in [0.3, 0.4) is 0 Å². The molecule has 0 saturated carbocycles. The van der Waals surface area contributed by atoms with Crippen LogP contribution >= 0.6 is 11.3 Å². The number of allylic oxidation sites excluding steroid dienone is 1. The highest BCUT2D eigenvalue weighted by molar-refractivity contribution is 7.21. The Morgan fingerprint density at radius 3 is 2.79 bits per heavy atom. The number of ether oxygens (including phenoxy) is 2. The van der Waals surface area contributed by atoms with E-state index in [1.807, 2.05) is 26.0 Å². The molecular formula is C25H21F2N7O3S. The van der Waals surface area contributed by atoms with Gasteiger partial charge in [0.1, 0.15) is 6.10 Å². The van der Waals surface area contributed by atoms with Crippen LogP contribution in [0.2, 0.25) is 0 Å². The number of aryl methyl sites for hydroxylation is 1. The van der Waals surface area contributed by atoms with Gasteiger partial charge >= 0.3 is 6.61 Å². The van der Waals surface area contributed by atoms with E-state index in [1.54, 1.807) is 13.2 Å². The third-order valence-corrected chi connectivity index (χ3v) is 6.54. The van der Waals surface area contributed by atoms with Crippen molar-refractivity contribution in [1.29, 1.82) is 0 Å². The number of anilines is 1. The molecule has 0 aromatic carbocycles. The number of hydrogen-bond acceptors (Lipinski definition) is 10. The Bertz CT molecular complexity index is 1590. The lowest BCUT2D eigenvalue weighted by atomic mass is 9.93. The highest BCUT2D eigenvalue weighted by Crippen LogP contribution is 2.30. The third-order valence-electron chi connectivity index (χ3n) is 5.68. The van der Waals surface area contributed by atoms with E-state index in [1.165, 1.54) is 24.7 Å². The molecule has 1 aliphatic rings. The third kappa shape index (κ3) is 5.38. The number of amides is 1. The first-order chi connectivity index (χ1) is 18.3. The fourth-order valence-electron chi connectivity index (χ4n) is 3.92. The zero-order valence-corrected chi connectivity index (χ0v) is 21.3. The van der Waals surface area contributed by atoms with Gasteiger partial charge in [-0.1, -0.05) is 11.3 Å². The number of methoxy groups -OCH3 is 1. The molecule has 0 radical (unpaired) electrons. The SMILES string of the molecule is COC1CN=C(C)C=C1c1cc(C)ncc1C(=O)Nc1nc2ncc(-c3ccnc(OC(F)F)c3)nc2s1. The number of halogens is 2. The number of carbonyl (C=O) groups excluding carboxylic acids is 1. The van der Waals surface area contributed by atoms with Gasteiger partial charge in [0.15, 0.2) is 15.6 Å². The number of pyridine rings is 2. The van der Waals surface area contributed by atoms with E-state index in [9.17, 15) is 13.6 Å². The molecule has 10 nitrogen and oxygen atoms in total. The largest absolute Gasteiger partial charge is 0.417 e. The highest BCUT2D eigenvalue weighted by atomic mass is 32.1. The summed E-state index contributed by atoms with van der Waals surface area (Å²) in [6.45, 7) is 1.22. The lowest BCUT2D eigenvalue weighted by Crippen LogP contribution is -2.24. The molecule has 0 spiro atoms. The average molecular weight is 538 g/mol. The van der Waals surface area contributed by atoms with Crippen molar-refractivity contribution in [3.8, 4) is 17.1 Å². The normalized spacial score (nSPS) is 15.4. The van der Waals surface area contributed by atoms with Crippen LogP contribution in [-0.2, 0) is 4.74 Å². The van der Waals surface area contributed by atoms with Gasteiger partial charge in [0, 0.05) is 42.5 Å². The lowest BCUT2D eigenvalue weighted by molar-refractivity contribution is -0.0528. The Labute approximate surface area is 219 Å². The Morgan fingerprint density at radius 2 is 2.00 bits per heavy atom. The van der Waals surface area contributed by atoms with E-state index in [-0.39, 0.29) is 12.0 Å². The average Bonchev–Trinajstić information content (AvgIpc) is 3.29. The minimum absolute atomic E-state index is 0.232. The topological polar surface area (TPSA) is 124 Å². The molecule has 38 heavy (non-hydrogen) atoms. The number of fused-ring (bicyclic) bond motifs is 1. The van der Waals surface area contributed by atoms with Crippen molar-refractivity contribution in [2.45, 2.75) is 26.6 Å². The van der Waals surface area contributed by atoms with Gasteiger partial charge < -0.3 is 9.47 Å². The molecule has 194 valence electrons. The predicted octanol–water partition coefficient (Wildman–Crippen LogP) is 4.58. The molecule has 5 rings (SSSR count). The highest BCUT2D eigenvalue weighted by Gasteiger charge is 2.25. The molecule has 0 saturated heterocycles. The first kappa shape index (κ1) is 25.4. The molecule has 1 aliphatic heterocycles. The summed E-state index contributed by atoms with van der Waals surface area (Å²) in [4.78, 5) is 39.5. The predicted molar refractivity (Wildman–Crippen MR) is 139 cm³/mol. The van der Waals surface area contributed by atoms with E-state index in [0.29, 0.717) is 44.5 Å². The standard InChI is InChI=1S/C25H21F2N7O3S/c1-12-6-15(16-7-13(2)30-11-19(16)36-3)17(9-29-12)22(35)34-25-33-21-23(38-25)32-18(10-31-21)14-4-5-28-20(8-14)37-24(26)27/h4-10,19,24H,11H2,1-3H3,(H,31,33,34,35). The number of aliphatic imine (C=N–C) groups is 1. The maximum Gasteiger partial charge on any atom is 0.388 e. The van der Waals surface area contributed by atoms with Crippen LogP contribution in [0.15, 0.2) is 47.9 Å². The molecule has 0 fully saturated rings. The second kappa shape index (κ2) is 10.6. The summed E-state index contributed by atoms with van der Waals surface area (Å²) in [5.41, 5.74) is 4.75. The zero-order chi connectivity index (χ0) is 26.8. The van der Waals surface area contributed by atoms with E-state index < -0.39 is 12.5 Å². The summed E-state index contributed by atoms with van der Waals surface area (Å²) in [5.74, 6) is -0.630. The molecule has 5 heterocycles. The first-order valence-electron chi connectivity index (χ1n) is 11.4. The van der Waals surface area contributed by atoms with Gasteiger partial charge in [-0.05, 0) is 43.2 Å². The maximum absolute atomic E-state index is 13.4. The van der Waals surface area contributed by atoms with Gasteiger partial charge in [-0.3, -0.25) is 20.1 Å². The minimum Gasteiger partial charge on any atom is -0.417 e. The van der Waals surface area contributed by atoms with Crippen LogP contribution in [0.4, 0.5) is 13.9 Å². The second-order valence-electron chi connectivity index (χ2n) is 8.30. The summed E-state index contributed by atoms with van der Waals surface area (Å²) in [5, 5.41) is 3.11. The molecular weight excluding hydrogens is 516 g/mol. The van der Waals surface area contributed by atoms with E-state index >= 15 is 0 Å². The van der Waals surface area contributed by atoms with Crippen molar-refractivity contribution in [3.05, 3.63) is 59.7 Å². The Balaban J connectivity index is 1.43. The molecule has 0 bridgehead atoms. The smallest absolute Gasteiger partial charge is 0.388 e. The number of hydrogen-bond donors (Lipinski definition) is 1. The maximum atomic E-state index is 13.4. The van der Waals surface area contributed by atoms with Crippen molar-refractivity contribution in [2.24, 2.45) is 4.99 Å². The fraction of sp³-hybridized carbons (Fsp3) is 0.240. The fourth-order valence-corrected chi connectivity index (χ4v) is 4.72. The first-order valence-corrected chi connectivity index (χ1v) is 12.2. The minimum atomic E-state index is -2.99. The van der Waals surface area contributed by atoms with Crippen LogP contribution < -0.4 is 10.1 Å². The van der Waals surface area contributed by atoms with Gasteiger partial charge in [0.25, 0.3) is 5.91 Å². The molecule has 1 N–H and O–H groups in total. The van der Waals surface area contributed by atoms with Crippen molar-refractivity contribution >= 4 is 44.1 Å². The van der Waals surface area contributed by atoms with E-state index in [0.717, 1.165) is 28.3 Å². The molecule has 0 aliphatic carbocycles. The summed E-state index contributed by atoms with van der Waals surface area (Å²) >= 11 is 1.13. The number of alkyl halides is 2. The van der Waals surface area contributed by atoms with Crippen LogP contribution in [0.1, 0.15) is 28.5 Å². The summed E-state index contributed by atoms with van der Waals surface area (Å²) in [6, 6.07) is 4.79. The van der Waals surface area contributed by atoms with Crippen LogP contribution in [0.25, 0.3) is 27.3 Å². The van der Waals surface area contributed by atoms with Crippen LogP contribution in [-0.4, -0.2) is 62.9 Å². The number of carbonyl (C=O) groups is 1. The second-order valence-corrected chi connectivity index (χ2v) is 9.27. The summed E-state index contributed by atoms with van der Waals surface area (Å²) < 4.78 is 35.1. The molecule has 1 amide bonds. The molecule has 4 aromatic heterocycles. The number of nitrogens with zero attached hydrogens (tertiary/aromatic N) is 6. The number of aromatic nitrogens is 5. The van der Waals surface area contributed by atoms with E-state index in [2.05, 4.69) is 40.0 Å². The summed E-state index contributed by atoms with van der Waals surface area (Å²) in [7, 11) is 1.61. The monoisotopic (exact) mass is 537 g/mol. The van der Waals surface area contributed by atoms with Crippen molar-refractivity contribution in [3.63, 3.8) is 0 Å². The van der Waals surface area contributed by atoms with Gasteiger partial charge in [0.05, 0.1) is 24.0 Å². The van der Waals surface area contributed by atoms with Crippen LogP contribution in [0.5, 0.6) is 5.88 Å². The summed E-state index contributed by atoms with van der Waals surface area (Å²) in [6.07, 6.45) is 5.95.